The maximum absolute atomic E-state index is 11.5. The van der Waals surface area contributed by atoms with Crippen molar-refractivity contribution in [3.8, 4) is 23.0 Å². The fourth-order valence-electron chi connectivity index (χ4n) is 3.58. The summed E-state index contributed by atoms with van der Waals surface area (Å²) in [5.41, 5.74) is 3.56. The van der Waals surface area contributed by atoms with E-state index in [1.165, 1.54) is 18.2 Å². The van der Waals surface area contributed by atoms with E-state index in [2.05, 4.69) is 0 Å². The van der Waals surface area contributed by atoms with E-state index in [4.69, 9.17) is 14.9 Å². The van der Waals surface area contributed by atoms with E-state index in [0.717, 1.165) is 16.7 Å². The first-order valence-electron chi connectivity index (χ1n) is 13.5. The van der Waals surface area contributed by atoms with Gasteiger partial charge in [0.1, 0.15) is 29.6 Å². The topological polar surface area (TPSA) is 145 Å². The van der Waals surface area contributed by atoms with Gasteiger partial charge in [-0.3, -0.25) is 0 Å². The van der Waals surface area contributed by atoms with Gasteiger partial charge in [-0.25, -0.2) is 9.59 Å². The highest BCUT2D eigenvalue weighted by molar-refractivity contribution is 5.92. The van der Waals surface area contributed by atoms with E-state index in [0.29, 0.717) is 5.56 Å². The molecule has 4 aromatic rings. The van der Waals surface area contributed by atoms with Crippen LogP contribution < -0.4 is 0 Å². The zero-order valence-electron chi connectivity index (χ0n) is 23.7. The molecule has 0 aromatic heterocycles. The molecule has 0 unspecified atom stereocenters. The molecule has 0 spiro atoms. The predicted molar refractivity (Wildman–Crippen MR) is 171 cm³/mol. The Bertz CT molecular complexity index is 1610. The Kier molecular flexibility index (Phi) is 12.6. The number of aliphatic carboxylic acids is 1. The Balaban J connectivity index is 0.000000240. The van der Waals surface area contributed by atoms with Gasteiger partial charge in [0.2, 0.25) is 0 Å². The number of phenols is 4. The lowest BCUT2D eigenvalue weighted by molar-refractivity contribution is -0.136. The van der Waals surface area contributed by atoms with Crippen LogP contribution in [0.15, 0.2) is 121 Å². The number of esters is 1. The van der Waals surface area contributed by atoms with Crippen LogP contribution in [0.4, 0.5) is 0 Å². The summed E-state index contributed by atoms with van der Waals surface area (Å²) in [5, 5.41) is 46.0. The summed E-state index contributed by atoms with van der Waals surface area (Å²) in [7, 11) is 0. The van der Waals surface area contributed by atoms with Crippen LogP contribution in [-0.4, -0.2) is 44.1 Å². The van der Waals surface area contributed by atoms with Crippen LogP contribution in [0.25, 0.3) is 24.3 Å². The summed E-state index contributed by atoms with van der Waals surface area (Å²) in [6.45, 7) is 0.166. The first-order chi connectivity index (χ1) is 21.2. The number of carbonyl (C=O) groups is 2. The second-order valence-corrected chi connectivity index (χ2v) is 9.31. The first kappa shape index (κ1) is 32.5. The van der Waals surface area contributed by atoms with Crippen molar-refractivity contribution >= 4 is 36.2 Å². The molecule has 224 valence electrons. The van der Waals surface area contributed by atoms with Crippen molar-refractivity contribution in [2.75, 3.05) is 6.61 Å². The van der Waals surface area contributed by atoms with Crippen LogP contribution in [-0.2, 0) is 14.3 Å². The van der Waals surface area contributed by atoms with Crippen molar-refractivity contribution in [2.45, 2.75) is 6.42 Å². The SMILES string of the molecule is O=C(/C=C/c1ccc(O)cc1)OCC=Cc1ccc(O)cc1.O=C(O)/C(=C/c1ccc(O)cc1)C/C=C/c1ccc(O)cc1. The van der Waals surface area contributed by atoms with Gasteiger partial charge < -0.3 is 30.3 Å². The maximum Gasteiger partial charge on any atom is 0.331 e. The van der Waals surface area contributed by atoms with E-state index >= 15 is 0 Å². The van der Waals surface area contributed by atoms with E-state index in [1.54, 1.807) is 121 Å². The molecule has 0 saturated carbocycles. The molecule has 0 heterocycles. The normalized spacial score (nSPS) is 11.4. The van der Waals surface area contributed by atoms with Crippen LogP contribution in [0.3, 0.4) is 0 Å². The van der Waals surface area contributed by atoms with Crippen molar-refractivity contribution in [1.82, 2.24) is 0 Å². The zero-order chi connectivity index (χ0) is 31.7. The Morgan fingerprint density at radius 1 is 0.545 bits per heavy atom. The minimum absolute atomic E-state index is 0.140. The number of carboxylic acid groups (broad SMARTS) is 1. The summed E-state index contributed by atoms with van der Waals surface area (Å²) in [5.74, 6) is -0.703. The molecule has 0 aliphatic carbocycles. The second-order valence-electron chi connectivity index (χ2n) is 9.31. The Morgan fingerprint density at radius 3 is 1.36 bits per heavy atom. The Hall–Kier alpha value is -6.02. The van der Waals surface area contributed by atoms with Crippen molar-refractivity contribution in [2.24, 2.45) is 0 Å². The van der Waals surface area contributed by atoms with Crippen LogP contribution in [0, 0.1) is 0 Å². The largest absolute Gasteiger partial charge is 0.508 e. The molecule has 44 heavy (non-hydrogen) atoms. The van der Waals surface area contributed by atoms with Gasteiger partial charge in [-0.15, -0.1) is 0 Å². The summed E-state index contributed by atoms with van der Waals surface area (Å²) in [4.78, 5) is 22.8. The molecule has 0 amide bonds. The number of phenolic OH excluding ortho intramolecular Hbond substituents is 4. The molecule has 0 fully saturated rings. The fourth-order valence-corrected chi connectivity index (χ4v) is 3.58. The van der Waals surface area contributed by atoms with Crippen LogP contribution in [0.1, 0.15) is 28.7 Å². The molecule has 0 atom stereocenters. The van der Waals surface area contributed by atoms with Gasteiger partial charge in [-0.2, -0.15) is 0 Å². The summed E-state index contributed by atoms with van der Waals surface area (Å²) >= 11 is 0. The van der Waals surface area contributed by atoms with Crippen LogP contribution in [0.5, 0.6) is 23.0 Å². The molecule has 0 aliphatic rings. The molecule has 8 nitrogen and oxygen atoms in total. The van der Waals surface area contributed by atoms with Crippen molar-refractivity contribution in [3.05, 3.63) is 143 Å². The number of allylic oxidation sites excluding steroid dienone is 1. The van der Waals surface area contributed by atoms with Gasteiger partial charge in [0.15, 0.2) is 0 Å². The highest BCUT2D eigenvalue weighted by Gasteiger charge is 2.05. The molecule has 4 aromatic carbocycles. The lowest BCUT2D eigenvalue weighted by Gasteiger charge is -2.00. The number of rotatable bonds is 10. The minimum atomic E-state index is -0.983. The standard InChI is InChI=1S/2C18H16O4/c19-16-8-3-14(4-9-16)2-1-13-22-18(21)12-7-15-5-10-17(20)11-6-15;19-16-8-4-13(5-9-16)2-1-3-15(18(21)22)12-14-6-10-17(20)11-7-14/h1-12,19-20H,13H2;1-2,4-12,19-20H,3H2,(H,21,22)/b2-1?,12-7+;2-1+,15-12+. The molecular weight excluding hydrogens is 560 g/mol. The number of aromatic hydroxyl groups is 4. The number of benzene rings is 4. The third kappa shape index (κ3) is 12.2. The maximum atomic E-state index is 11.5. The average molecular weight is 593 g/mol. The smallest absolute Gasteiger partial charge is 0.331 e. The van der Waals surface area contributed by atoms with Gasteiger partial charge in [0.05, 0.1) is 0 Å². The monoisotopic (exact) mass is 592 g/mol. The highest BCUT2D eigenvalue weighted by atomic mass is 16.5. The quantitative estimate of drug-likeness (QED) is 0.0974. The van der Waals surface area contributed by atoms with Gasteiger partial charge in [-0.1, -0.05) is 66.8 Å². The van der Waals surface area contributed by atoms with E-state index in [-0.39, 0.29) is 41.6 Å². The minimum Gasteiger partial charge on any atom is -0.508 e. The highest BCUT2D eigenvalue weighted by Crippen LogP contribution is 2.17. The second kappa shape index (κ2) is 17.1. The fraction of sp³-hybridized carbons (Fsp3) is 0.0556. The predicted octanol–water partition coefficient (Wildman–Crippen LogP) is 7.04. The Morgan fingerprint density at radius 2 is 0.932 bits per heavy atom. The Labute approximate surface area is 255 Å². The van der Waals surface area contributed by atoms with Crippen molar-refractivity contribution < 1.29 is 39.9 Å². The molecular formula is C36H32O8. The van der Waals surface area contributed by atoms with Gasteiger partial charge in [-0.05, 0) is 95.4 Å². The molecule has 8 heteroatoms. The molecule has 0 radical (unpaired) electrons. The van der Waals surface area contributed by atoms with Gasteiger partial charge >= 0.3 is 11.9 Å². The number of hydrogen-bond donors (Lipinski definition) is 5. The lowest BCUT2D eigenvalue weighted by Crippen LogP contribution is -1.99. The lowest BCUT2D eigenvalue weighted by atomic mass is 10.1. The molecule has 5 N–H and O–H groups in total. The van der Waals surface area contributed by atoms with E-state index < -0.39 is 11.9 Å². The number of carboxylic acids is 1. The van der Waals surface area contributed by atoms with Crippen LogP contribution in [0.2, 0.25) is 0 Å². The summed E-state index contributed by atoms with van der Waals surface area (Å²) < 4.78 is 5.02. The number of ether oxygens (including phenoxy) is 1. The number of carbonyl (C=O) groups excluding carboxylic acids is 1. The van der Waals surface area contributed by atoms with Gasteiger partial charge in [0.25, 0.3) is 0 Å². The molecule has 0 aliphatic heterocycles. The summed E-state index contributed by atoms with van der Waals surface area (Å²) in [6.07, 6.45) is 11.9. The molecule has 0 bridgehead atoms. The third-order valence-electron chi connectivity index (χ3n) is 5.88. The molecule has 4 rings (SSSR count). The average Bonchev–Trinajstić information content (AvgIpc) is 3.01. The van der Waals surface area contributed by atoms with Crippen molar-refractivity contribution in [1.29, 1.82) is 0 Å². The summed E-state index contributed by atoms with van der Waals surface area (Å²) in [6, 6.07) is 26.2. The van der Waals surface area contributed by atoms with E-state index in [9.17, 15) is 24.9 Å². The van der Waals surface area contributed by atoms with E-state index in [1.807, 2.05) is 0 Å². The van der Waals surface area contributed by atoms with Crippen molar-refractivity contribution in [3.63, 3.8) is 0 Å². The molecule has 0 saturated heterocycles. The third-order valence-corrected chi connectivity index (χ3v) is 5.88. The number of hydrogen-bond acceptors (Lipinski definition) is 7. The van der Waals surface area contributed by atoms with Crippen LogP contribution >= 0.6 is 0 Å². The zero-order valence-corrected chi connectivity index (χ0v) is 23.7. The van der Waals surface area contributed by atoms with Gasteiger partial charge in [0, 0.05) is 11.6 Å². The first-order valence-corrected chi connectivity index (χ1v) is 13.5.